The fourth-order valence-electron chi connectivity index (χ4n) is 2.49. The topological polar surface area (TPSA) is 81.4 Å². The SMILES string of the molecule is CCc1ccc(OCC(=O)Nc2sc(C)c(CC)c2C(N)=O)cc1. The Kier molecular flexibility index (Phi) is 5.98. The predicted octanol–water partition coefficient (Wildman–Crippen LogP) is 3.30. The Balaban J connectivity index is 2.03. The highest BCUT2D eigenvalue weighted by atomic mass is 32.1. The highest BCUT2D eigenvalue weighted by Gasteiger charge is 2.20. The fraction of sp³-hybridized carbons (Fsp3) is 0.333. The number of hydrogen-bond donors (Lipinski definition) is 2. The van der Waals surface area contributed by atoms with Crippen molar-refractivity contribution in [2.75, 3.05) is 11.9 Å². The molecule has 0 saturated heterocycles. The molecule has 0 bridgehead atoms. The molecule has 1 aromatic heterocycles. The summed E-state index contributed by atoms with van der Waals surface area (Å²) in [6.07, 6.45) is 1.64. The Hall–Kier alpha value is -2.34. The van der Waals surface area contributed by atoms with Crippen LogP contribution in [-0.2, 0) is 17.6 Å². The van der Waals surface area contributed by atoms with Crippen molar-refractivity contribution in [3.05, 3.63) is 45.8 Å². The molecule has 5 nitrogen and oxygen atoms in total. The van der Waals surface area contributed by atoms with Crippen LogP contribution < -0.4 is 15.8 Å². The monoisotopic (exact) mass is 346 g/mol. The second kappa shape index (κ2) is 7.97. The van der Waals surface area contributed by atoms with Crippen molar-refractivity contribution in [1.82, 2.24) is 0 Å². The van der Waals surface area contributed by atoms with E-state index in [1.807, 2.05) is 38.1 Å². The highest BCUT2D eigenvalue weighted by Crippen LogP contribution is 2.33. The van der Waals surface area contributed by atoms with Gasteiger partial charge in [-0.1, -0.05) is 26.0 Å². The first-order valence-corrected chi connectivity index (χ1v) is 8.71. The van der Waals surface area contributed by atoms with E-state index in [0.29, 0.717) is 22.7 Å². The van der Waals surface area contributed by atoms with Gasteiger partial charge in [-0.15, -0.1) is 11.3 Å². The standard InChI is InChI=1S/C18H22N2O3S/c1-4-12-6-8-13(9-7-12)23-10-15(21)20-18-16(17(19)22)14(5-2)11(3)24-18/h6-9H,4-5,10H2,1-3H3,(H2,19,22)(H,20,21). The van der Waals surface area contributed by atoms with Crippen molar-refractivity contribution < 1.29 is 14.3 Å². The van der Waals surface area contributed by atoms with E-state index in [2.05, 4.69) is 12.2 Å². The number of nitrogens with two attached hydrogens (primary N) is 1. The summed E-state index contributed by atoms with van der Waals surface area (Å²) in [5.74, 6) is -0.211. The number of anilines is 1. The van der Waals surface area contributed by atoms with Gasteiger partial charge in [0.25, 0.3) is 11.8 Å². The van der Waals surface area contributed by atoms with Crippen LogP contribution in [0, 0.1) is 6.92 Å². The van der Waals surface area contributed by atoms with Crippen LogP contribution >= 0.6 is 11.3 Å². The smallest absolute Gasteiger partial charge is 0.262 e. The number of rotatable bonds is 7. The van der Waals surface area contributed by atoms with E-state index in [-0.39, 0.29) is 12.5 Å². The molecule has 0 fully saturated rings. The zero-order valence-electron chi connectivity index (χ0n) is 14.1. The van der Waals surface area contributed by atoms with Crippen LogP contribution in [0.25, 0.3) is 0 Å². The summed E-state index contributed by atoms with van der Waals surface area (Å²) < 4.78 is 5.48. The molecular weight excluding hydrogens is 324 g/mol. The van der Waals surface area contributed by atoms with Gasteiger partial charge in [-0.25, -0.2) is 0 Å². The van der Waals surface area contributed by atoms with Gasteiger partial charge >= 0.3 is 0 Å². The van der Waals surface area contributed by atoms with E-state index in [1.165, 1.54) is 16.9 Å². The number of carbonyl (C=O) groups excluding carboxylic acids is 2. The maximum atomic E-state index is 12.1. The van der Waals surface area contributed by atoms with Crippen LogP contribution in [0.15, 0.2) is 24.3 Å². The molecule has 0 atom stereocenters. The summed E-state index contributed by atoms with van der Waals surface area (Å²) in [4.78, 5) is 24.8. The highest BCUT2D eigenvalue weighted by molar-refractivity contribution is 7.16. The molecule has 24 heavy (non-hydrogen) atoms. The maximum Gasteiger partial charge on any atom is 0.262 e. The Morgan fingerprint density at radius 2 is 1.83 bits per heavy atom. The number of aryl methyl sites for hydroxylation is 2. The minimum Gasteiger partial charge on any atom is -0.484 e. The molecule has 0 spiro atoms. The fourth-order valence-corrected chi connectivity index (χ4v) is 3.65. The van der Waals surface area contributed by atoms with Crippen molar-refractivity contribution in [3.63, 3.8) is 0 Å². The van der Waals surface area contributed by atoms with Crippen LogP contribution in [0.3, 0.4) is 0 Å². The molecule has 6 heteroatoms. The third-order valence-corrected chi connectivity index (χ3v) is 4.83. The summed E-state index contributed by atoms with van der Waals surface area (Å²) >= 11 is 1.36. The molecule has 0 radical (unpaired) electrons. The Morgan fingerprint density at radius 3 is 2.38 bits per heavy atom. The van der Waals surface area contributed by atoms with E-state index in [0.717, 1.165) is 16.9 Å². The van der Waals surface area contributed by atoms with Crippen LogP contribution in [0.5, 0.6) is 5.75 Å². The summed E-state index contributed by atoms with van der Waals surface area (Å²) in [6.45, 7) is 5.82. The normalized spacial score (nSPS) is 10.5. The summed E-state index contributed by atoms with van der Waals surface area (Å²) in [6, 6.07) is 7.61. The zero-order valence-corrected chi connectivity index (χ0v) is 15.0. The lowest BCUT2D eigenvalue weighted by molar-refractivity contribution is -0.118. The first-order valence-electron chi connectivity index (χ1n) is 7.89. The average molecular weight is 346 g/mol. The van der Waals surface area contributed by atoms with Gasteiger partial charge in [-0.3, -0.25) is 9.59 Å². The lowest BCUT2D eigenvalue weighted by atomic mass is 10.1. The molecule has 2 amide bonds. The lowest BCUT2D eigenvalue weighted by Gasteiger charge is -2.08. The number of carbonyl (C=O) groups is 2. The molecule has 2 aromatic rings. The minimum atomic E-state index is -0.525. The van der Waals surface area contributed by atoms with Crippen LogP contribution in [0.1, 0.15) is 40.2 Å². The number of benzene rings is 1. The van der Waals surface area contributed by atoms with Crippen molar-refractivity contribution >= 4 is 28.2 Å². The maximum absolute atomic E-state index is 12.1. The van der Waals surface area contributed by atoms with Gasteiger partial charge in [0.05, 0.1) is 5.56 Å². The van der Waals surface area contributed by atoms with E-state index < -0.39 is 5.91 Å². The molecular formula is C18H22N2O3S. The number of hydrogen-bond acceptors (Lipinski definition) is 4. The summed E-state index contributed by atoms with van der Waals surface area (Å²) in [5.41, 5.74) is 7.96. The molecule has 1 aromatic carbocycles. The van der Waals surface area contributed by atoms with E-state index in [9.17, 15) is 9.59 Å². The van der Waals surface area contributed by atoms with Gasteiger partial charge < -0.3 is 15.8 Å². The number of nitrogens with one attached hydrogen (secondary N) is 1. The van der Waals surface area contributed by atoms with Crippen LogP contribution in [0.4, 0.5) is 5.00 Å². The van der Waals surface area contributed by atoms with Gasteiger partial charge in [0.15, 0.2) is 6.61 Å². The van der Waals surface area contributed by atoms with E-state index >= 15 is 0 Å². The van der Waals surface area contributed by atoms with Gasteiger partial charge in [0.2, 0.25) is 0 Å². The number of amides is 2. The van der Waals surface area contributed by atoms with Gasteiger partial charge in [-0.2, -0.15) is 0 Å². The van der Waals surface area contributed by atoms with E-state index in [1.54, 1.807) is 0 Å². The number of primary amides is 1. The molecule has 0 unspecified atom stereocenters. The first-order chi connectivity index (χ1) is 11.5. The van der Waals surface area contributed by atoms with Crippen molar-refractivity contribution in [1.29, 1.82) is 0 Å². The molecule has 128 valence electrons. The van der Waals surface area contributed by atoms with Crippen LogP contribution in [0.2, 0.25) is 0 Å². The summed E-state index contributed by atoms with van der Waals surface area (Å²) in [7, 11) is 0. The largest absolute Gasteiger partial charge is 0.484 e. The molecule has 0 aliphatic heterocycles. The lowest BCUT2D eigenvalue weighted by Crippen LogP contribution is -2.22. The van der Waals surface area contributed by atoms with E-state index in [4.69, 9.17) is 10.5 Å². The Bertz CT molecular complexity index is 735. The predicted molar refractivity (Wildman–Crippen MR) is 96.9 cm³/mol. The second-order valence-corrected chi connectivity index (χ2v) is 6.62. The minimum absolute atomic E-state index is 0.123. The van der Waals surface area contributed by atoms with Gasteiger partial charge in [0, 0.05) is 4.88 Å². The third-order valence-electron chi connectivity index (χ3n) is 3.76. The van der Waals surface area contributed by atoms with Crippen molar-refractivity contribution in [2.45, 2.75) is 33.6 Å². The van der Waals surface area contributed by atoms with Gasteiger partial charge in [0.1, 0.15) is 10.8 Å². The molecule has 3 N–H and O–H groups in total. The quantitative estimate of drug-likeness (QED) is 0.807. The molecule has 0 saturated carbocycles. The number of ether oxygens (including phenoxy) is 1. The van der Waals surface area contributed by atoms with Gasteiger partial charge in [-0.05, 0) is 43.0 Å². The number of thiophene rings is 1. The molecule has 1 heterocycles. The Labute approximate surface area is 145 Å². The average Bonchev–Trinajstić information content (AvgIpc) is 2.88. The zero-order chi connectivity index (χ0) is 17.7. The molecule has 2 rings (SSSR count). The van der Waals surface area contributed by atoms with Crippen molar-refractivity contribution in [3.8, 4) is 5.75 Å². The molecule has 0 aliphatic carbocycles. The first kappa shape index (κ1) is 18.0. The summed E-state index contributed by atoms with van der Waals surface area (Å²) in [5, 5.41) is 3.23. The van der Waals surface area contributed by atoms with Crippen LogP contribution in [-0.4, -0.2) is 18.4 Å². The molecule has 0 aliphatic rings. The van der Waals surface area contributed by atoms with Crippen molar-refractivity contribution in [2.24, 2.45) is 5.73 Å². The second-order valence-electron chi connectivity index (χ2n) is 5.39. The Morgan fingerprint density at radius 1 is 1.17 bits per heavy atom. The third kappa shape index (κ3) is 4.14.